The molecule has 3 aromatic rings. The summed E-state index contributed by atoms with van der Waals surface area (Å²) in [7, 11) is 0. The van der Waals surface area contributed by atoms with Crippen LogP contribution in [-0.4, -0.2) is 41.1 Å². The molecule has 0 unspecified atom stereocenters. The summed E-state index contributed by atoms with van der Waals surface area (Å²) in [4.78, 5) is 28.4. The number of hydrogen-bond donors (Lipinski definition) is 1. The molecule has 1 fully saturated rings. The Bertz CT molecular complexity index is 886. The van der Waals surface area contributed by atoms with Gasteiger partial charge in [0.15, 0.2) is 0 Å². The van der Waals surface area contributed by atoms with E-state index in [2.05, 4.69) is 24.8 Å². The van der Waals surface area contributed by atoms with Crippen LogP contribution < -0.4 is 15.4 Å². The molecule has 0 saturated carbocycles. The van der Waals surface area contributed by atoms with Crippen molar-refractivity contribution in [1.29, 1.82) is 0 Å². The molecule has 25 heavy (non-hydrogen) atoms. The van der Waals surface area contributed by atoms with Crippen LogP contribution in [0.3, 0.4) is 0 Å². The van der Waals surface area contributed by atoms with Gasteiger partial charge in [-0.2, -0.15) is 0 Å². The second-order valence-electron chi connectivity index (χ2n) is 5.98. The fourth-order valence-corrected chi connectivity index (χ4v) is 3.04. The minimum atomic E-state index is -0.129. The second kappa shape index (κ2) is 6.76. The van der Waals surface area contributed by atoms with Crippen molar-refractivity contribution in [3.05, 3.63) is 71.1 Å². The maximum atomic E-state index is 12.1. The summed E-state index contributed by atoms with van der Waals surface area (Å²) in [6, 6.07) is 17.3. The molecule has 0 aliphatic carbocycles. The number of nitrogens with one attached hydrogen (secondary N) is 1. The first kappa shape index (κ1) is 15.4. The number of nitrogens with zero attached hydrogens (tertiary/aromatic N) is 4. The van der Waals surface area contributed by atoms with Crippen LogP contribution >= 0.6 is 0 Å². The summed E-state index contributed by atoms with van der Waals surface area (Å²) >= 11 is 0. The molecule has 0 spiro atoms. The molecule has 6 nitrogen and oxygen atoms in total. The van der Waals surface area contributed by atoms with E-state index in [9.17, 15) is 4.79 Å². The van der Waals surface area contributed by atoms with E-state index in [4.69, 9.17) is 0 Å². The Morgan fingerprint density at radius 2 is 1.60 bits per heavy atom. The van der Waals surface area contributed by atoms with E-state index in [1.165, 1.54) is 0 Å². The first-order valence-electron chi connectivity index (χ1n) is 8.37. The summed E-state index contributed by atoms with van der Waals surface area (Å²) in [6.45, 7) is 3.27. The molecule has 1 aromatic carbocycles. The molecule has 4 rings (SSSR count). The van der Waals surface area contributed by atoms with E-state index in [-0.39, 0.29) is 5.56 Å². The van der Waals surface area contributed by atoms with Gasteiger partial charge in [-0.15, -0.1) is 0 Å². The van der Waals surface area contributed by atoms with Gasteiger partial charge in [0.2, 0.25) is 5.95 Å². The van der Waals surface area contributed by atoms with Gasteiger partial charge in [-0.3, -0.25) is 9.78 Å². The van der Waals surface area contributed by atoms with Crippen LogP contribution in [0.2, 0.25) is 0 Å². The smallest absolute Gasteiger partial charge is 0.252 e. The molecule has 1 saturated heterocycles. The first-order valence-corrected chi connectivity index (χ1v) is 8.37. The van der Waals surface area contributed by atoms with Gasteiger partial charge in [0.25, 0.3) is 5.56 Å². The minimum Gasteiger partial charge on any atom is -0.353 e. The van der Waals surface area contributed by atoms with E-state index in [1.54, 1.807) is 6.07 Å². The molecule has 1 aliphatic heterocycles. The zero-order valence-corrected chi connectivity index (χ0v) is 13.8. The molecule has 0 radical (unpaired) electrons. The average molecular weight is 333 g/mol. The molecule has 0 amide bonds. The molecule has 6 heteroatoms. The van der Waals surface area contributed by atoms with E-state index in [1.807, 2.05) is 54.7 Å². The monoisotopic (exact) mass is 333 g/mol. The average Bonchev–Trinajstić information content (AvgIpc) is 2.69. The van der Waals surface area contributed by atoms with Crippen molar-refractivity contribution >= 4 is 11.8 Å². The van der Waals surface area contributed by atoms with E-state index < -0.39 is 0 Å². The molecule has 126 valence electrons. The quantitative estimate of drug-likeness (QED) is 0.796. The lowest BCUT2D eigenvalue weighted by atomic mass is 10.1. The van der Waals surface area contributed by atoms with Crippen molar-refractivity contribution in [1.82, 2.24) is 15.0 Å². The lowest BCUT2D eigenvalue weighted by molar-refractivity contribution is 0.634. The summed E-state index contributed by atoms with van der Waals surface area (Å²) in [5.74, 6) is 1.62. The summed E-state index contributed by atoms with van der Waals surface area (Å²) < 4.78 is 0. The number of anilines is 2. The number of rotatable bonds is 3. The second-order valence-corrected chi connectivity index (χ2v) is 5.98. The topological polar surface area (TPSA) is 65.1 Å². The van der Waals surface area contributed by atoms with Gasteiger partial charge < -0.3 is 9.80 Å². The molecule has 2 aromatic heterocycles. The number of benzene rings is 1. The van der Waals surface area contributed by atoms with Gasteiger partial charge in [-0.1, -0.05) is 36.4 Å². The van der Waals surface area contributed by atoms with Gasteiger partial charge in [0.1, 0.15) is 5.82 Å². The maximum Gasteiger partial charge on any atom is 0.252 e. The number of aromatic amines is 1. The Labute approximate surface area is 145 Å². The van der Waals surface area contributed by atoms with Crippen LogP contribution in [0.1, 0.15) is 0 Å². The highest BCUT2D eigenvalue weighted by Crippen LogP contribution is 2.19. The Morgan fingerprint density at radius 1 is 0.880 bits per heavy atom. The highest BCUT2D eigenvalue weighted by Gasteiger charge is 2.20. The van der Waals surface area contributed by atoms with Crippen molar-refractivity contribution in [2.24, 2.45) is 0 Å². The predicted octanol–water partition coefficient (Wildman–Crippen LogP) is 2.16. The molecule has 1 aliphatic rings. The van der Waals surface area contributed by atoms with E-state index in [0.717, 1.165) is 37.6 Å². The van der Waals surface area contributed by atoms with Crippen LogP contribution in [0.5, 0.6) is 0 Å². The number of piperazine rings is 1. The van der Waals surface area contributed by atoms with Crippen molar-refractivity contribution in [2.75, 3.05) is 36.0 Å². The van der Waals surface area contributed by atoms with Gasteiger partial charge in [-0.25, -0.2) is 9.97 Å². The molecule has 0 bridgehead atoms. The third-order valence-corrected chi connectivity index (χ3v) is 4.35. The lowest BCUT2D eigenvalue weighted by Gasteiger charge is -2.35. The Hall–Kier alpha value is -3.15. The third kappa shape index (κ3) is 3.38. The van der Waals surface area contributed by atoms with Crippen LogP contribution in [0.25, 0.3) is 11.3 Å². The van der Waals surface area contributed by atoms with Crippen LogP contribution in [0, 0.1) is 0 Å². The van der Waals surface area contributed by atoms with Crippen LogP contribution in [0.4, 0.5) is 11.8 Å². The standard InChI is InChI=1S/C19H19N5O/c25-18-14-16(15-6-2-1-3-7-15)21-19(22-18)24-12-10-23(11-13-24)17-8-4-5-9-20-17/h1-9,14H,10-13H2,(H,21,22,25). The molecule has 0 atom stereocenters. The predicted molar refractivity (Wildman–Crippen MR) is 99.0 cm³/mol. The minimum absolute atomic E-state index is 0.129. The number of H-pyrrole nitrogens is 1. The van der Waals surface area contributed by atoms with Crippen molar-refractivity contribution in [3.8, 4) is 11.3 Å². The number of hydrogen-bond acceptors (Lipinski definition) is 5. The van der Waals surface area contributed by atoms with Gasteiger partial charge in [0.05, 0.1) is 5.69 Å². The highest BCUT2D eigenvalue weighted by atomic mass is 16.1. The molecule has 3 heterocycles. The normalized spacial score (nSPS) is 14.6. The van der Waals surface area contributed by atoms with Crippen molar-refractivity contribution in [2.45, 2.75) is 0 Å². The largest absolute Gasteiger partial charge is 0.353 e. The fourth-order valence-electron chi connectivity index (χ4n) is 3.04. The Kier molecular flexibility index (Phi) is 4.16. The molecular formula is C19H19N5O. The van der Waals surface area contributed by atoms with Crippen molar-refractivity contribution < 1.29 is 0 Å². The number of aromatic nitrogens is 3. The SMILES string of the molecule is O=c1cc(-c2ccccc2)nc(N2CCN(c3ccccn3)CC2)[nH]1. The first-order chi connectivity index (χ1) is 12.3. The third-order valence-electron chi connectivity index (χ3n) is 4.35. The fraction of sp³-hybridized carbons (Fsp3) is 0.211. The lowest BCUT2D eigenvalue weighted by Crippen LogP contribution is -2.47. The zero-order chi connectivity index (χ0) is 17.1. The Morgan fingerprint density at radius 3 is 2.32 bits per heavy atom. The summed E-state index contributed by atoms with van der Waals surface area (Å²) in [5.41, 5.74) is 1.52. The highest BCUT2D eigenvalue weighted by molar-refractivity contribution is 5.60. The van der Waals surface area contributed by atoms with E-state index in [0.29, 0.717) is 11.6 Å². The molecular weight excluding hydrogens is 314 g/mol. The van der Waals surface area contributed by atoms with Crippen LogP contribution in [0.15, 0.2) is 65.6 Å². The summed E-state index contributed by atoms with van der Waals surface area (Å²) in [5, 5.41) is 0. The number of pyridine rings is 1. The van der Waals surface area contributed by atoms with Gasteiger partial charge in [-0.05, 0) is 12.1 Å². The Balaban J connectivity index is 1.53. The maximum absolute atomic E-state index is 12.1. The molecule has 1 N–H and O–H groups in total. The zero-order valence-electron chi connectivity index (χ0n) is 13.8. The van der Waals surface area contributed by atoms with E-state index >= 15 is 0 Å². The summed E-state index contributed by atoms with van der Waals surface area (Å²) in [6.07, 6.45) is 1.81. The van der Waals surface area contributed by atoms with Crippen molar-refractivity contribution in [3.63, 3.8) is 0 Å². The van der Waals surface area contributed by atoms with Crippen LogP contribution in [-0.2, 0) is 0 Å². The van der Waals surface area contributed by atoms with Gasteiger partial charge in [0, 0.05) is 44.0 Å². The van der Waals surface area contributed by atoms with Gasteiger partial charge >= 0.3 is 0 Å².